The minimum absolute atomic E-state index is 0.108. The van der Waals surface area contributed by atoms with Gasteiger partial charge in [-0.25, -0.2) is 8.42 Å². The second-order valence-corrected chi connectivity index (χ2v) is 6.62. The molecule has 0 atom stereocenters. The molecule has 0 unspecified atom stereocenters. The molecule has 0 aromatic heterocycles. The van der Waals surface area contributed by atoms with Crippen molar-refractivity contribution >= 4 is 27.1 Å². The van der Waals surface area contributed by atoms with Crippen molar-refractivity contribution < 1.29 is 18.1 Å². The molecular formula is C12H16ClNO5S. The van der Waals surface area contributed by atoms with Crippen LogP contribution in [0.3, 0.4) is 0 Å². The molecule has 0 spiro atoms. The van der Waals surface area contributed by atoms with Crippen LogP contribution in [0.1, 0.15) is 19.8 Å². The largest absolute Gasteiger partial charge is 0.493 e. The predicted molar refractivity (Wildman–Crippen MR) is 76.3 cm³/mol. The number of non-ortho nitro benzene ring substituents is 1. The van der Waals surface area contributed by atoms with Crippen LogP contribution in [0.25, 0.3) is 0 Å². The van der Waals surface area contributed by atoms with E-state index in [2.05, 4.69) is 0 Å². The third-order valence-corrected chi connectivity index (χ3v) is 4.50. The fourth-order valence-electron chi connectivity index (χ4n) is 1.51. The van der Waals surface area contributed by atoms with Gasteiger partial charge in [0.25, 0.3) is 5.69 Å². The van der Waals surface area contributed by atoms with E-state index in [1.165, 1.54) is 12.1 Å². The lowest BCUT2D eigenvalue weighted by molar-refractivity contribution is -0.385. The van der Waals surface area contributed by atoms with Crippen molar-refractivity contribution in [1.82, 2.24) is 0 Å². The van der Waals surface area contributed by atoms with Gasteiger partial charge in [-0.3, -0.25) is 10.1 Å². The van der Waals surface area contributed by atoms with Crippen molar-refractivity contribution in [3.05, 3.63) is 28.3 Å². The van der Waals surface area contributed by atoms with Crippen LogP contribution in [0.5, 0.6) is 5.75 Å². The van der Waals surface area contributed by atoms with Crippen molar-refractivity contribution in [2.24, 2.45) is 0 Å². The van der Waals surface area contributed by atoms with E-state index < -0.39 is 14.8 Å². The van der Waals surface area contributed by atoms with Crippen molar-refractivity contribution in [2.75, 3.05) is 18.2 Å². The molecule has 0 saturated carbocycles. The zero-order valence-electron chi connectivity index (χ0n) is 11.0. The van der Waals surface area contributed by atoms with Gasteiger partial charge < -0.3 is 4.74 Å². The van der Waals surface area contributed by atoms with E-state index in [4.69, 9.17) is 16.3 Å². The maximum Gasteiger partial charge on any atom is 0.274 e. The average molecular weight is 322 g/mol. The Bertz CT molecular complexity index is 573. The van der Waals surface area contributed by atoms with Gasteiger partial charge in [0.2, 0.25) is 0 Å². The standard InChI is InChI=1S/C12H16ClNO5S/c1-2-5-19-11-7-10(14(15)16)8-12(9-11)20(17,18)6-3-4-13/h7-9H,2-6H2,1H3. The topological polar surface area (TPSA) is 86.5 Å². The molecular weight excluding hydrogens is 306 g/mol. The number of halogens is 1. The third kappa shape index (κ3) is 4.64. The Labute approximate surface area is 122 Å². The maximum absolute atomic E-state index is 12.1. The van der Waals surface area contributed by atoms with Crippen molar-refractivity contribution in [2.45, 2.75) is 24.7 Å². The van der Waals surface area contributed by atoms with Crippen LogP contribution in [0, 0.1) is 10.1 Å². The lowest BCUT2D eigenvalue weighted by atomic mass is 10.3. The molecule has 0 fully saturated rings. The summed E-state index contributed by atoms with van der Waals surface area (Å²) < 4.78 is 29.4. The zero-order chi connectivity index (χ0) is 15.2. The van der Waals surface area contributed by atoms with Gasteiger partial charge >= 0.3 is 0 Å². The summed E-state index contributed by atoms with van der Waals surface area (Å²) in [7, 11) is -3.59. The summed E-state index contributed by atoms with van der Waals surface area (Å²) in [4.78, 5) is 10.1. The van der Waals surface area contributed by atoms with Gasteiger partial charge in [-0.1, -0.05) is 6.92 Å². The third-order valence-electron chi connectivity index (χ3n) is 2.45. The Morgan fingerprint density at radius 3 is 2.60 bits per heavy atom. The lowest BCUT2D eigenvalue weighted by Crippen LogP contribution is -2.08. The molecule has 1 rings (SSSR count). The smallest absolute Gasteiger partial charge is 0.274 e. The van der Waals surface area contributed by atoms with Crippen LogP contribution in [0.2, 0.25) is 0 Å². The highest BCUT2D eigenvalue weighted by Gasteiger charge is 2.20. The minimum Gasteiger partial charge on any atom is -0.493 e. The van der Waals surface area contributed by atoms with E-state index >= 15 is 0 Å². The van der Waals surface area contributed by atoms with Crippen LogP contribution in [-0.2, 0) is 9.84 Å². The predicted octanol–water partition coefficient (Wildman–Crippen LogP) is 2.79. The highest BCUT2D eigenvalue weighted by molar-refractivity contribution is 7.91. The monoisotopic (exact) mass is 321 g/mol. The summed E-state index contributed by atoms with van der Waals surface area (Å²) in [5, 5.41) is 10.9. The first-order valence-corrected chi connectivity index (χ1v) is 8.30. The maximum atomic E-state index is 12.1. The van der Waals surface area contributed by atoms with Crippen LogP contribution in [-0.4, -0.2) is 31.6 Å². The van der Waals surface area contributed by atoms with Crippen molar-refractivity contribution in [1.29, 1.82) is 0 Å². The number of ether oxygens (including phenoxy) is 1. The second-order valence-electron chi connectivity index (χ2n) is 4.13. The number of nitrogens with zero attached hydrogens (tertiary/aromatic N) is 1. The minimum atomic E-state index is -3.59. The molecule has 0 saturated heterocycles. The Balaban J connectivity index is 3.17. The van der Waals surface area contributed by atoms with Crippen LogP contribution in [0.4, 0.5) is 5.69 Å². The number of sulfone groups is 1. The molecule has 0 aliphatic carbocycles. The van der Waals surface area contributed by atoms with E-state index in [1.807, 2.05) is 6.92 Å². The van der Waals surface area contributed by atoms with Crippen LogP contribution >= 0.6 is 11.6 Å². The van der Waals surface area contributed by atoms with Gasteiger partial charge in [0.15, 0.2) is 9.84 Å². The number of rotatable bonds is 8. The van der Waals surface area contributed by atoms with Gasteiger partial charge in [0, 0.05) is 11.9 Å². The van der Waals surface area contributed by atoms with E-state index in [0.29, 0.717) is 6.61 Å². The Morgan fingerprint density at radius 1 is 1.35 bits per heavy atom. The molecule has 0 amide bonds. The zero-order valence-corrected chi connectivity index (χ0v) is 12.6. The number of hydrogen-bond donors (Lipinski definition) is 0. The van der Waals surface area contributed by atoms with E-state index in [-0.39, 0.29) is 34.4 Å². The molecule has 20 heavy (non-hydrogen) atoms. The summed E-state index contributed by atoms with van der Waals surface area (Å²) in [6.07, 6.45) is 1.01. The first-order chi connectivity index (χ1) is 9.40. The van der Waals surface area contributed by atoms with Gasteiger partial charge in [-0.2, -0.15) is 0 Å². The summed E-state index contributed by atoms with van der Waals surface area (Å²) in [5.74, 6) is 0.253. The molecule has 1 aromatic carbocycles. The van der Waals surface area contributed by atoms with Gasteiger partial charge in [0.1, 0.15) is 5.75 Å². The number of nitro benzene ring substituents is 1. The molecule has 0 radical (unpaired) electrons. The second kappa shape index (κ2) is 7.44. The highest BCUT2D eigenvalue weighted by Crippen LogP contribution is 2.26. The molecule has 0 N–H and O–H groups in total. The number of hydrogen-bond acceptors (Lipinski definition) is 5. The molecule has 1 aromatic rings. The Kier molecular flexibility index (Phi) is 6.22. The first kappa shape index (κ1) is 16.7. The molecule has 6 nitrogen and oxygen atoms in total. The van der Waals surface area contributed by atoms with E-state index in [1.54, 1.807) is 0 Å². The number of alkyl halides is 1. The summed E-state index contributed by atoms with van der Waals surface area (Å²) >= 11 is 5.48. The SMILES string of the molecule is CCCOc1cc([N+](=O)[O-])cc(S(=O)(=O)CCCCl)c1. The fraction of sp³-hybridized carbons (Fsp3) is 0.500. The number of nitro groups is 1. The number of benzene rings is 1. The summed E-state index contributed by atoms with van der Waals surface area (Å²) in [6, 6.07) is 3.57. The molecule has 0 heterocycles. The Hall–Kier alpha value is -1.34. The fourth-order valence-corrected chi connectivity index (χ4v) is 3.16. The van der Waals surface area contributed by atoms with E-state index in [0.717, 1.165) is 12.5 Å². The Morgan fingerprint density at radius 2 is 2.05 bits per heavy atom. The van der Waals surface area contributed by atoms with Gasteiger partial charge in [-0.15, -0.1) is 11.6 Å². The van der Waals surface area contributed by atoms with Crippen molar-refractivity contribution in [3.8, 4) is 5.75 Å². The summed E-state index contributed by atoms with van der Waals surface area (Å²) in [6.45, 7) is 2.25. The van der Waals surface area contributed by atoms with Gasteiger partial charge in [0.05, 0.1) is 28.2 Å². The normalized spacial score (nSPS) is 11.3. The summed E-state index contributed by atoms with van der Waals surface area (Å²) in [5.41, 5.74) is -0.303. The van der Waals surface area contributed by atoms with Gasteiger partial charge in [-0.05, 0) is 18.9 Å². The molecule has 0 aliphatic heterocycles. The molecule has 0 aliphatic rings. The van der Waals surface area contributed by atoms with Crippen LogP contribution in [0.15, 0.2) is 23.1 Å². The van der Waals surface area contributed by atoms with Crippen LogP contribution < -0.4 is 4.74 Å². The average Bonchev–Trinajstić information content (AvgIpc) is 2.42. The van der Waals surface area contributed by atoms with E-state index in [9.17, 15) is 18.5 Å². The molecule has 8 heteroatoms. The quantitative estimate of drug-likeness (QED) is 0.417. The molecule has 0 bridgehead atoms. The first-order valence-electron chi connectivity index (χ1n) is 6.11. The molecule has 112 valence electrons. The van der Waals surface area contributed by atoms with Crippen molar-refractivity contribution in [3.63, 3.8) is 0 Å². The lowest BCUT2D eigenvalue weighted by Gasteiger charge is -2.08. The highest BCUT2D eigenvalue weighted by atomic mass is 35.5.